The van der Waals surface area contributed by atoms with E-state index in [2.05, 4.69) is 29.7 Å². The highest BCUT2D eigenvalue weighted by molar-refractivity contribution is 5.89. The van der Waals surface area contributed by atoms with E-state index in [0.29, 0.717) is 0 Å². The molecule has 1 aliphatic rings. The van der Waals surface area contributed by atoms with Gasteiger partial charge in [0.05, 0.1) is 6.10 Å². The number of urea groups is 1. The smallest absolute Gasteiger partial charge is 0.319 e. The lowest BCUT2D eigenvalue weighted by molar-refractivity contribution is 0.118. The molecule has 1 saturated carbocycles. The number of aliphatic hydroxyl groups excluding tert-OH is 1. The number of carbonyl (C=O) groups is 1. The summed E-state index contributed by atoms with van der Waals surface area (Å²) in [6.07, 6.45) is 6.54. The van der Waals surface area contributed by atoms with Crippen molar-refractivity contribution in [2.45, 2.75) is 64.0 Å². The Morgan fingerprint density at radius 2 is 1.86 bits per heavy atom. The van der Waals surface area contributed by atoms with Crippen molar-refractivity contribution in [2.75, 3.05) is 5.32 Å². The summed E-state index contributed by atoms with van der Waals surface area (Å²) in [6, 6.07) is 8.07. The first-order valence-electron chi connectivity index (χ1n) is 8.02. The molecule has 1 aromatic rings. The summed E-state index contributed by atoms with van der Waals surface area (Å²) in [5.41, 5.74) is 2.13. The molecule has 0 radical (unpaired) electrons. The second kappa shape index (κ2) is 8.03. The van der Waals surface area contributed by atoms with Crippen molar-refractivity contribution < 1.29 is 9.90 Å². The van der Waals surface area contributed by atoms with Crippen molar-refractivity contribution in [2.24, 2.45) is 0 Å². The molecular formula is C17H26N2O2. The number of aryl methyl sites for hydroxylation is 1. The quantitative estimate of drug-likeness (QED) is 0.777. The van der Waals surface area contributed by atoms with E-state index in [9.17, 15) is 9.90 Å². The number of hydrogen-bond acceptors (Lipinski definition) is 2. The Morgan fingerprint density at radius 1 is 1.19 bits per heavy atom. The van der Waals surface area contributed by atoms with E-state index in [4.69, 9.17) is 0 Å². The van der Waals surface area contributed by atoms with Crippen LogP contribution in [0.25, 0.3) is 0 Å². The Kier molecular flexibility index (Phi) is 6.05. The molecule has 0 aliphatic heterocycles. The molecule has 0 atom stereocenters. The summed E-state index contributed by atoms with van der Waals surface area (Å²) in [6.45, 7) is 2.19. The Morgan fingerprint density at radius 3 is 2.48 bits per heavy atom. The summed E-state index contributed by atoms with van der Waals surface area (Å²) in [4.78, 5) is 11.9. The summed E-state index contributed by atoms with van der Waals surface area (Å²) < 4.78 is 0. The van der Waals surface area contributed by atoms with Crippen molar-refractivity contribution in [3.05, 3.63) is 29.8 Å². The summed E-state index contributed by atoms with van der Waals surface area (Å²) in [5, 5.41) is 15.3. The Balaban J connectivity index is 1.77. The molecule has 3 N–H and O–H groups in total. The fourth-order valence-electron chi connectivity index (χ4n) is 2.71. The lowest BCUT2D eigenvalue weighted by Crippen LogP contribution is -2.40. The van der Waals surface area contributed by atoms with Crippen molar-refractivity contribution in [3.8, 4) is 0 Å². The molecule has 0 heterocycles. The van der Waals surface area contributed by atoms with Gasteiger partial charge in [0, 0.05) is 11.7 Å². The molecule has 1 aromatic carbocycles. The highest BCUT2D eigenvalue weighted by atomic mass is 16.3. The Bertz CT molecular complexity index is 437. The van der Waals surface area contributed by atoms with Gasteiger partial charge in [0.15, 0.2) is 0 Å². The first-order valence-corrected chi connectivity index (χ1v) is 8.02. The first kappa shape index (κ1) is 15.8. The number of hydrogen-bond donors (Lipinski definition) is 3. The molecule has 1 fully saturated rings. The van der Waals surface area contributed by atoms with Crippen LogP contribution < -0.4 is 10.6 Å². The average Bonchev–Trinajstić information content (AvgIpc) is 2.49. The van der Waals surface area contributed by atoms with Gasteiger partial charge < -0.3 is 15.7 Å². The standard InChI is InChI=1S/C17H26N2O2/c1-2-3-4-13-5-7-14(8-6-13)18-17(21)19-15-9-11-16(20)12-10-15/h5-8,15-16,20H,2-4,9-12H2,1H3,(H2,18,19,21). The Hall–Kier alpha value is -1.55. The van der Waals surface area contributed by atoms with Gasteiger partial charge in [-0.1, -0.05) is 25.5 Å². The number of benzene rings is 1. The number of carbonyl (C=O) groups excluding carboxylic acids is 1. The van der Waals surface area contributed by atoms with E-state index in [1.54, 1.807) is 0 Å². The van der Waals surface area contributed by atoms with E-state index in [0.717, 1.165) is 37.8 Å². The molecule has 4 heteroatoms. The van der Waals surface area contributed by atoms with Crippen LogP contribution in [0.1, 0.15) is 51.0 Å². The molecule has 0 bridgehead atoms. The lowest BCUT2D eigenvalue weighted by Gasteiger charge is -2.26. The minimum absolute atomic E-state index is 0.155. The third-order valence-electron chi connectivity index (χ3n) is 4.06. The predicted octanol–water partition coefficient (Wildman–Crippen LogP) is 3.45. The van der Waals surface area contributed by atoms with E-state index in [-0.39, 0.29) is 18.2 Å². The zero-order valence-corrected chi connectivity index (χ0v) is 12.8. The third-order valence-corrected chi connectivity index (χ3v) is 4.06. The van der Waals surface area contributed by atoms with Gasteiger partial charge in [-0.2, -0.15) is 0 Å². The van der Waals surface area contributed by atoms with Crippen LogP contribution in [0.3, 0.4) is 0 Å². The highest BCUT2D eigenvalue weighted by Crippen LogP contribution is 2.18. The van der Waals surface area contributed by atoms with Gasteiger partial charge in [0.1, 0.15) is 0 Å². The number of anilines is 1. The van der Waals surface area contributed by atoms with Crippen LogP contribution in [0, 0.1) is 0 Å². The van der Waals surface area contributed by atoms with Crippen molar-refractivity contribution in [1.29, 1.82) is 0 Å². The maximum Gasteiger partial charge on any atom is 0.319 e. The zero-order valence-electron chi connectivity index (χ0n) is 12.8. The minimum Gasteiger partial charge on any atom is -0.393 e. The van der Waals surface area contributed by atoms with Crippen molar-refractivity contribution in [1.82, 2.24) is 5.32 Å². The van der Waals surface area contributed by atoms with Gasteiger partial charge in [-0.15, -0.1) is 0 Å². The average molecular weight is 290 g/mol. The van der Waals surface area contributed by atoms with Crippen LogP contribution in [-0.2, 0) is 6.42 Å². The second-order valence-corrected chi connectivity index (χ2v) is 5.90. The minimum atomic E-state index is -0.193. The molecule has 2 rings (SSSR count). The van der Waals surface area contributed by atoms with Crippen molar-refractivity contribution >= 4 is 11.7 Å². The van der Waals surface area contributed by atoms with Crippen LogP contribution in [0.15, 0.2) is 24.3 Å². The van der Waals surface area contributed by atoms with Crippen molar-refractivity contribution in [3.63, 3.8) is 0 Å². The Labute approximate surface area is 126 Å². The highest BCUT2D eigenvalue weighted by Gasteiger charge is 2.20. The van der Waals surface area contributed by atoms with E-state index in [1.165, 1.54) is 18.4 Å². The van der Waals surface area contributed by atoms with Crippen LogP contribution in [-0.4, -0.2) is 23.3 Å². The molecule has 4 nitrogen and oxygen atoms in total. The number of nitrogens with one attached hydrogen (secondary N) is 2. The fourth-order valence-corrected chi connectivity index (χ4v) is 2.71. The second-order valence-electron chi connectivity index (χ2n) is 5.90. The first-order chi connectivity index (χ1) is 10.2. The zero-order chi connectivity index (χ0) is 15.1. The molecular weight excluding hydrogens is 264 g/mol. The van der Waals surface area contributed by atoms with Crippen LogP contribution >= 0.6 is 0 Å². The molecule has 116 valence electrons. The third kappa shape index (κ3) is 5.38. The molecule has 0 aromatic heterocycles. The van der Waals surface area contributed by atoms with E-state index in [1.807, 2.05) is 12.1 Å². The summed E-state index contributed by atoms with van der Waals surface area (Å²) in [7, 11) is 0. The predicted molar refractivity (Wildman–Crippen MR) is 85.5 cm³/mol. The van der Waals surface area contributed by atoms with Crippen LogP contribution in [0.2, 0.25) is 0 Å². The van der Waals surface area contributed by atoms with Gasteiger partial charge in [0.2, 0.25) is 0 Å². The van der Waals surface area contributed by atoms with Crippen LogP contribution in [0.4, 0.5) is 10.5 Å². The largest absolute Gasteiger partial charge is 0.393 e. The maximum absolute atomic E-state index is 11.9. The molecule has 1 aliphatic carbocycles. The van der Waals surface area contributed by atoms with Gasteiger partial charge >= 0.3 is 6.03 Å². The number of aliphatic hydroxyl groups is 1. The van der Waals surface area contributed by atoms with E-state index < -0.39 is 0 Å². The fraction of sp³-hybridized carbons (Fsp3) is 0.588. The summed E-state index contributed by atoms with van der Waals surface area (Å²) in [5.74, 6) is 0. The summed E-state index contributed by atoms with van der Waals surface area (Å²) >= 11 is 0. The normalized spacial score (nSPS) is 21.8. The SMILES string of the molecule is CCCCc1ccc(NC(=O)NC2CCC(O)CC2)cc1. The van der Waals surface area contributed by atoms with Gasteiger partial charge in [-0.05, 0) is 56.2 Å². The van der Waals surface area contributed by atoms with Gasteiger partial charge in [-0.25, -0.2) is 4.79 Å². The van der Waals surface area contributed by atoms with E-state index >= 15 is 0 Å². The number of amides is 2. The molecule has 0 spiro atoms. The molecule has 0 unspecified atom stereocenters. The monoisotopic (exact) mass is 290 g/mol. The topological polar surface area (TPSA) is 61.4 Å². The molecule has 21 heavy (non-hydrogen) atoms. The number of rotatable bonds is 5. The van der Waals surface area contributed by atoms with Gasteiger partial charge in [0.25, 0.3) is 0 Å². The maximum atomic E-state index is 11.9. The lowest BCUT2D eigenvalue weighted by atomic mass is 9.93. The van der Waals surface area contributed by atoms with Crippen LogP contribution in [0.5, 0.6) is 0 Å². The molecule has 0 saturated heterocycles. The van der Waals surface area contributed by atoms with Gasteiger partial charge in [-0.3, -0.25) is 0 Å². The molecule has 2 amide bonds. The number of unbranched alkanes of at least 4 members (excludes halogenated alkanes) is 1.